The van der Waals surface area contributed by atoms with Gasteiger partial charge in [-0.15, -0.1) is 22.7 Å². The summed E-state index contributed by atoms with van der Waals surface area (Å²) in [7, 11) is 0. The largest absolute Gasteiger partial charge is 0.135 e. The summed E-state index contributed by atoms with van der Waals surface area (Å²) in [5.74, 6) is 0. The van der Waals surface area contributed by atoms with E-state index >= 15 is 0 Å². The summed E-state index contributed by atoms with van der Waals surface area (Å²) < 4.78 is 5.35. The fraction of sp³-hybridized carbons (Fsp3) is 0. The van der Waals surface area contributed by atoms with Crippen molar-refractivity contribution < 1.29 is 0 Å². The second kappa shape index (κ2) is 12.0. The molecule has 2 aromatic heterocycles. The van der Waals surface area contributed by atoms with E-state index in [-0.39, 0.29) is 0 Å². The molecule has 0 radical (unpaired) electrons. The van der Waals surface area contributed by atoms with Crippen LogP contribution in [0.15, 0.2) is 182 Å². The van der Waals surface area contributed by atoms with Crippen molar-refractivity contribution in [2.45, 2.75) is 0 Å². The molecule has 0 aliphatic rings. The minimum atomic E-state index is 1.22. The molecule has 0 saturated heterocycles. The van der Waals surface area contributed by atoms with Crippen molar-refractivity contribution in [3.63, 3.8) is 0 Å². The molecule has 10 rings (SSSR count). The first-order valence-electron chi connectivity index (χ1n) is 17.0. The summed E-state index contributed by atoms with van der Waals surface area (Å²) >= 11 is 3.77. The van der Waals surface area contributed by atoms with Gasteiger partial charge in [0.2, 0.25) is 0 Å². The zero-order valence-corrected chi connectivity index (χ0v) is 28.8. The van der Waals surface area contributed by atoms with Crippen molar-refractivity contribution in [1.29, 1.82) is 0 Å². The Bertz CT molecular complexity index is 2690. The third-order valence-electron chi connectivity index (χ3n) is 9.92. The van der Waals surface area contributed by atoms with Gasteiger partial charge in [0.15, 0.2) is 0 Å². The van der Waals surface area contributed by atoms with Gasteiger partial charge in [0.05, 0.1) is 0 Å². The Morgan fingerprint density at radius 2 is 0.560 bits per heavy atom. The molecular formula is C48H30S2. The normalized spacial score (nSPS) is 11.6. The Labute approximate surface area is 299 Å². The summed E-state index contributed by atoms with van der Waals surface area (Å²) in [5.41, 5.74) is 12.4. The highest BCUT2D eigenvalue weighted by atomic mass is 32.1. The van der Waals surface area contributed by atoms with Gasteiger partial charge in [0.25, 0.3) is 0 Å². The zero-order valence-electron chi connectivity index (χ0n) is 27.1. The first kappa shape index (κ1) is 29.1. The molecule has 0 nitrogen and oxygen atoms in total. The van der Waals surface area contributed by atoms with E-state index in [1.165, 1.54) is 96.0 Å². The maximum Gasteiger partial charge on any atom is 0.0433 e. The monoisotopic (exact) mass is 670 g/mol. The van der Waals surface area contributed by atoms with E-state index in [4.69, 9.17) is 0 Å². The van der Waals surface area contributed by atoms with Crippen LogP contribution in [-0.4, -0.2) is 0 Å². The van der Waals surface area contributed by atoms with Crippen LogP contribution in [0, 0.1) is 0 Å². The maximum atomic E-state index is 2.37. The van der Waals surface area contributed by atoms with Gasteiger partial charge in [-0.3, -0.25) is 0 Å². The fourth-order valence-electron chi connectivity index (χ4n) is 7.60. The smallest absolute Gasteiger partial charge is 0.0433 e. The standard InChI is InChI=1S/C48H30S2/c1-3-19-39(35(17-1)31-13-9-15-33(29-31)37-23-11-25-43-41-21-5-7-27-45(41)49-47(37)43)40-20-4-2-18-36(40)32-14-10-16-34(30-32)38-24-12-26-44-42-22-6-8-28-46(42)50-48(38)44/h1-30H. The zero-order chi connectivity index (χ0) is 33.0. The van der Waals surface area contributed by atoms with Crippen molar-refractivity contribution in [3.05, 3.63) is 182 Å². The number of rotatable bonds is 5. The Balaban J connectivity index is 1.08. The van der Waals surface area contributed by atoms with Crippen LogP contribution in [0.5, 0.6) is 0 Å². The van der Waals surface area contributed by atoms with Gasteiger partial charge >= 0.3 is 0 Å². The molecule has 0 bridgehead atoms. The van der Waals surface area contributed by atoms with Gasteiger partial charge in [0, 0.05) is 40.3 Å². The van der Waals surface area contributed by atoms with Crippen LogP contribution in [0.3, 0.4) is 0 Å². The molecule has 0 spiro atoms. The second-order valence-corrected chi connectivity index (χ2v) is 14.9. The number of benzene rings is 8. The van der Waals surface area contributed by atoms with E-state index in [9.17, 15) is 0 Å². The second-order valence-electron chi connectivity index (χ2n) is 12.8. The fourth-order valence-corrected chi connectivity index (χ4v) is 10.1. The van der Waals surface area contributed by atoms with Gasteiger partial charge in [-0.25, -0.2) is 0 Å². The predicted octanol–water partition coefficient (Wildman–Crippen LogP) is 14.8. The average Bonchev–Trinajstić information content (AvgIpc) is 3.77. The van der Waals surface area contributed by atoms with Crippen LogP contribution in [0.2, 0.25) is 0 Å². The summed E-state index contributed by atoms with van der Waals surface area (Å²) in [6, 6.07) is 66.8. The van der Waals surface area contributed by atoms with Crippen LogP contribution in [-0.2, 0) is 0 Å². The molecule has 0 unspecified atom stereocenters. The minimum Gasteiger partial charge on any atom is -0.135 e. The molecular weight excluding hydrogens is 641 g/mol. The molecule has 234 valence electrons. The minimum absolute atomic E-state index is 1.22. The molecule has 0 aliphatic heterocycles. The molecule has 10 aromatic rings. The van der Waals surface area contributed by atoms with Crippen molar-refractivity contribution in [2.75, 3.05) is 0 Å². The predicted molar refractivity (Wildman–Crippen MR) is 219 cm³/mol. The first-order chi connectivity index (χ1) is 24.8. The molecule has 0 amide bonds. The number of hydrogen-bond donors (Lipinski definition) is 0. The van der Waals surface area contributed by atoms with E-state index in [2.05, 4.69) is 182 Å². The Morgan fingerprint density at radius 3 is 1.02 bits per heavy atom. The van der Waals surface area contributed by atoms with E-state index in [0.717, 1.165) is 0 Å². The van der Waals surface area contributed by atoms with Crippen LogP contribution in [0.4, 0.5) is 0 Å². The van der Waals surface area contributed by atoms with Crippen molar-refractivity contribution in [3.8, 4) is 55.6 Å². The molecule has 0 atom stereocenters. The summed E-state index contributed by atoms with van der Waals surface area (Å²) in [4.78, 5) is 0. The number of fused-ring (bicyclic) bond motifs is 6. The first-order valence-corrected chi connectivity index (χ1v) is 18.6. The van der Waals surface area contributed by atoms with E-state index in [1.807, 2.05) is 22.7 Å². The van der Waals surface area contributed by atoms with Crippen molar-refractivity contribution in [2.24, 2.45) is 0 Å². The highest BCUT2D eigenvalue weighted by molar-refractivity contribution is 7.26. The Kier molecular flexibility index (Phi) is 6.97. The third-order valence-corrected chi connectivity index (χ3v) is 12.4. The third kappa shape index (κ3) is 4.80. The van der Waals surface area contributed by atoms with Gasteiger partial charge in [0.1, 0.15) is 0 Å². The van der Waals surface area contributed by atoms with Gasteiger partial charge in [-0.2, -0.15) is 0 Å². The van der Waals surface area contributed by atoms with Gasteiger partial charge in [-0.1, -0.05) is 158 Å². The highest BCUT2D eigenvalue weighted by Gasteiger charge is 2.16. The topological polar surface area (TPSA) is 0 Å². The van der Waals surface area contributed by atoms with E-state index in [0.29, 0.717) is 0 Å². The molecule has 2 heterocycles. The van der Waals surface area contributed by atoms with Gasteiger partial charge in [-0.05, 0) is 79.9 Å². The molecule has 0 aliphatic carbocycles. The highest BCUT2D eigenvalue weighted by Crippen LogP contribution is 2.44. The van der Waals surface area contributed by atoms with Crippen LogP contribution >= 0.6 is 22.7 Å². The SMILES string of the molecule is c1cc(-c2ccccc2-c2ccccc2-c2cccc(-c3cccc4c3sc3ccccc34)c2)cc(-c2cccc3c2sc2ccccc23)c1. The van der Waals surface area contributed by atoms with Crippen LogP contribution < -0.4 is 0 Å². The molecule has 8 aromatic carbocycles. The lowest BCUT2D eigenvalue weighted by molar-refractivity contribution is 1.56. The average molecular weight is 671 g/mol. The Hall–Kier alpha value is -5.80. The Morgan fingerprint density at radius 1 is 0.240 bits per heavy atom. The molecule has 0 N–H and O–H groups in total. The maximum absolute atomic E-state index is 2.37. The summed E-state index contributed by atoms with van der Waals surface area (Å²) in [5, 5.41) is 5.32. The lowest BCUT2D eigenvalue weighted by atomic mass is 9.88. The van der Waals surface area contributed by atoms with Crippen molar-refractivity contribution in [1.82, 2.24) is 0 Å². The molecule has 0 fully saturated rings. The molecule has 50 heavy (non-hydrogen) atoms. The molecule has 2 heteroatoms. The number of hydrogen-bond acceptors (Lipinski definition) is 2. The lowest BCUT2D eigenvalue weighted by Crippen LogP contribution is -1.90. The summed E-state index contributed by atoms with van der Waals surface area (Å²) in [6.45, 7) is 0. The van der Waals surface area contributed by atoms with E-state index in [1.54, 1.807) is 0 Å². The molecule has 0 saturated carbocycles. The quantitative estimate of drug-likeness (QED) is 0.171. The summed E-state index contributed by atoms with van der Waals surface area (Å²) in [6.07, 6.45) is 0. The van der Waals surface area contributed by atoms with Crippen LogP contribution in [0.25, 0.3) is 96.0 Å². The van der Waals surface area contributed by atoms with Gasteiger partial charge < -0.3 is 0 Å². The number of thiophene rings is 2. The lowest BCUT2D eigenvalue weighted by Gasteiger charge is -2.16. The van der Waals surface area contributed by atoms with Crippen LogP contribution in [0.1, 0.15) is 0 Å². The van der Waals surface area contributed by atoms with E-state index < -0.39 is 0 Å². The van der Waals surface area contributed by atoms with Crippen molar-refractivity contribution >= 4 is 63.0 Å².